The summed E-state index contributed by atoms with van der Waals surface area (Å²) in [6, 6.07) is 7.30. The first kappa shape index (κ1) is 13.8. The minimum absolute atomic E-state index is 0.0664. The molecule has 2 aromatic rings. The van der Waals surface area contributed by atoms with Gasteiger partial charge in [0, 0.05) is 6.20 Å². The summed E-state index contributed by atoms with van der Waals surface area (Å²) in [5.41, 5.74) is 5.95. The second-order valence-corrected chi connectivity index (χ2v) is 4.30. The van der Waals surface area contributed by atoms with Crippen LogP contribution in [0.15, 0.2) is 36.5 Å². The summed E-state index contributed by atoms with van der Waals surface area (Å²) in [5.74, 6) is -1.45. The first-order valence-electron chi connectivity index (χ1n) is 5.53. The summed E-state index contributed by atoms with van der Waals surface area (Å²) in [7, 11) is 0. The molecule has 0 aliphatic heterocycles. The van der Waals surface area contributed by atoms with Gasteiger partial charge >= 0.3 is 5.97 Å². The number of nitrogens with two attached hydrogens (primary N) is 1. The van der Waals surface area contributed by atoms with Crippen molar-refractivity contribution >= 4 is 35.0 Å². The van der Waals surface area contributed by atoms with Crippen molar-refractivity contribution in [2.75, 3.05) is 5.32 Å². The average molecular weight is 292 g/mol. The molecule has 1 aromatic heterocycles. The third-order valence-electron chi connectivity index (χ3n) is 2.54. The molecule has 0 radical (unpaired) electrons. The fourth-order valence-corrected chi connectivity index (χ4v) is 1.81. The van der Waals surface area contributed by atoms with Crippen LogP contribution in [-0.2, 0) is 0 Å². The van der Waals surface area contributed by atoms with E-state index >= 15 is 0 Å². The Hall–Kier alpha value is -2.60. The number of hydrogen-bond acceptors (Lipinski definition) is 4. The highest BCUT2D eigenvalue weighted by Crippen LogP contribution is 2.27. The van der Waals surface area contributed by atoms with Crippen LogP contribution in [0.2, 0.25) is 5.02 Å². The van der Waals surface area contributed by atoms with E-state index in [1.54, 1.807) is 6.07 Å². The summed E-state index contributed by atoms with van der Waals surface area (Å²) in [6.45, 7) is 0. The van der Waals surface area contributed by atoms with Crippen LogP contribution in [0.25, 0.3) is 0 Å². The highest BCUT2D eigenvalue weighted by molar-refractivity contribution is 6.33. The number of hydrogen-bond donors (Lipinski definition) is 3. The van der Waals surface area contributed by atoms with E-state index in [1.807, 2.05) is 0 Å². The number of halogens is 1. The maximum absolute atomic E-state index is 11.3. The fourth-order valence-electron chi connectivity index (χ4n) is 1.58. The molecular weight excluding hydrogens is 282 g/mol. The molecule has 0 fully saturated rings. The number of benzene rings is 1. The summed E-state index contributed by atoms with van der Waals surface area (Å²) in [5, 5.41) is 11.9. The number of nitrogens with one attached hydrogen (secondary N) is 1. The van der Waals surface area contributed by atoms with Gasteiger partial charge < -0.3 is 16.2 Å². The van der Waals surface area contributed by atoms with E-state index in [9.17, 15) is 9.59 Å². The van der Waals surface area contributed by atoms with Gasteiger partial charge in [0.15, 0.2) is 0 Å². The molecule has 4 N–H and O–H groups in total. The van der Waals surface area contributed by atoms with Crippen LogP contribution >= 0.6 is 11.6 Å². The third-order valence-corrected chi connectivity index (χ3v) is 2.85. The molecule has 0 unspecified atom stereocenters. The quantitative estimate of drug-likeness (QED) is 0.801. The second kappa shape index (κ2) is 5.58. The van der Waals surface area contributed by atoms with Gasteiger partial charge in [-0.25, -0.2) is 9.78 Å². The van der Waals surface area contributed by atoms with Crippen LogP contribution < -0.4 is 11.1 Å². The molecule has 1 aromatic carbocycles. The number of carbonyl (C=O) groups is 2. The van der Waals surface area contributed by atoms with Gasteiger partial charge in [0.2, 0.25) is 0 Å². The molecule has 0 bridgehead atoms. The molecule has 0 aliphatic carbocycles. The molecule has 2 rings (SSSR count). The van der Waals surface area contributed by atoms with E-state index in [0.717, 1.165) is 0 Å². The number of aromatic nitrogens is 1. The Kier molecular flexibility index (Phi) is 3.86. The lowest BCUT2D eigenvalue weighted by Crippen LogP contribution is -2.14. The number of carboxylic acids is 1. The van der Waals surface area contributed by atoms with Gasteiger partial charge in [0.1, 0.15) is 5.82 Å². The number of nitrogens with zero attached hydrogens (tertiary/aromatic N) is 1. The first-order valence-corrected chi connectivity index (χ1v) is 5.91. The lowest BCUT2D eigenvalue weighted by Gasteiger charge is -2.10. The fraction of sp³-hybridized carbons (Fsp3) is 0. The Morgan fingerprint density at radius 3 is 2.65 bits per heavy atom. The normalized spacial score (nSPS) is 10.1. The number of amides is 1. The zero-order valence-corrected chi connectivity index (χ0v) is 10.9. The smallest absolute Gasteiger partial charge is 0.335 e. The van der Waals surface area contributed by atoms with Gasteiger partial charge in [0.25, 0.3) is 5.91 Å². The van der Waals surface area contributed by atoms with Crippen LogP contribution in [-0.4, -0.2) is 22.0 Å². The Balaban J connectivity index is 2.36. The molecule has 0 saturated carbocycles. The number of pyridine rings is 1. The largest absolute Gasteiger partial charge is 0.478 e. The van der Waals surface area contributed by atoms with Crippen LogP contribution in [0.4, 0.5) is 11.5 Å². The zero-order chi connectivity index (χ0) is 14.7. The van der Waals surface area contributed by atoms with E-state index in [2.05, 4.69) is 10.3 Å². The Morgan fingerprint density at radius 2 is 2.05 bits per heavy atom. The van der Waals surface area contributed by atoms with Crippen LogP contribution in [0, 0.1) is 0 Å². The molecule has 102 valence electrons. The Bertz CT molecular complexity index is 688. The van der Waals surface area contributed by atoms with Gasteiger partial charge in [-0.2, -0.15) is 0 Å². The van der Waals surface area contributed by atoms with Crippen molar-refractivity contribution in [1.82, 2.24) is 4.98 Å². The number of carboxylic acid groups (broad SMARTS) is 1. The lowest BCUT2D eigenvalue weighted by molar-refractivity contribution is 0.0696. The van der Waals surface area contributed by atoms with Crippen LogP contribution in [0.3, 0.4) is 0 Å². The monoisotopic (exact) mass is 291 g/mol. The summed E-state index contributed by atoms with van der Waals surface area (Å²) < 4.78 is 0. The van der Waals surface area contributed by atoms with Crippen LogP contribution in [0.1, 0.15) is 20.7 Å². The number of carbonyl (C=O) groups excluding carboxylic acids is 1. The number of anilines is 2. The van der Waals surface area contributed by atoms with Crippen molar-refractivity contribution < 1.29 is 14.7 Å². The van der Waals surface area contributed by atoms with Gasteiger partial charge in [-0.3, -0.25) is 4.79 Å². The first-order chi connectivity index (χ1) is 9.49. The van der Waals surface area contributed by atoms with Crippen molar-refractivity contribution in [3.8, 4) is 0 Å². The minimum Gasteiger partial charge on any atom is -0.478 e. The predicted molar refractivity (Wildman–Crippen MR) is 74.4 cm³/mol. The van der Waals surface area contributed by atoms with E-state index in [4.69, 9.17) is 22.4 Å². The molecule has 0 aliphatic rings. The molecule has 0 saturated heterocycles. The molecule has 1 heterocycles. The number of rotatable bonds is 4. The van der Waals surface area contributed by atoms with Gasteiger partial charge in [-0.15, -0.1) is 0 Å². The van der Waals surface area contributed by atoms with Gasteiger partial charge in [0.05, 0.1) is 21.8 Å². The van der Waals surface area contributed by atoms with E-state index < -0.39 is 11.9 Å². The third kappa shape index (κ3) is 2.86. The molecule has 0 atom stereocenters. The van der Waals surface area contributed by atoms with Gasteiger partial charge in [-0.05, 0) is 30.3 Å². The van der Waals surface area contributed by atoms with Crippen molar-refractivity contribution in [2.45, 2.75) is 0 Å². The standard InChI is InChI=1S/C13H10ClN3O3/c14-9-6-7(13(19)20)3-4-10(9)17-12-8(11(15)18)2-1-5-16-12/h1-6H,(H2,15,18)(H,16,17)(H,19,20). The van der Waals surface area contributed by atoms with E-state index in [1.165, 1.54) is 30.5 Å². The molecule has 1 amide bonds. The molecule has 6 nitrogen and oxygen atoms in total. The zero-order valence-electron chi connectivity index (χ0n) is 10.1. The maximum atomic E-state index is 11.3. The molecule has 7 heteroatoms. The summed E-state index contributed by atoms with van der Waals surface area (Å²) in [6.07, 6.45) is 1.49. The number of primary amides is 1. The molecule has 20 heavy (non-hydrogen) atoms. The van der Waals surface area contributed by atoms with Crippen molar-refractivity contribution in [3.63, 3.8) is 0 Å². The second-order valence-electron chi connectivity index (χ2n) is 3.89. The average Bonchev–Trinajstić information content (AvgIpc) is 2.41. The topological polar surface area (TPSA) is 105 Å². The van der Waals surface area contributed by atoms with Gasteiger partial charge in [-0.1, -0.05) is 11.6 Å². The molecule has 0 spiro atoms. The van der Waals surface area contributed by atoms with Crippen molar-refractivity contribution in [1.29, 1.82) is 0 Å². The Morgan fingerprint density at radius 1 is 1.30 bits per heavy atom. The van der Waals surface area contributed by atoms with Crippen molar-refractivity contribution in [2.24, 2.45) is 5.73 Å². The Labute approximate surface area is 119 Å². The molecular formula is C13H10ClN3O3. The highest BCUT2D eigenvalue weighted by Gasteiger charge is 2.12. The van der Waals surface area contributed by atoms with Crippen LogP contribution in [0.5, 0.6) is 0 Å². The SMILES string of the molecule is NC(=O)c1cccnc1Nc1ccc(C(=O)O)cc1Cl. The van der Waals surface area contributed by atoms with Crippen molar-refractivity contribution in [3.05, 3.63) is 52.7 Å². The summed E-state index contributed by atoms with van der Waals surface area (Å²) in [4.78, 5) is 26.1. The summed E-state index contributed by atoms with van der Waals surface area (Å²) >= 11 is 5.99. The highest BCUT2D eigenvalue weighted by atomic mass is 35.5. The predicted octanol–water partition coefficient (Wildman–Crippen LogP) is 2.28. The maximum Gasteiger partial charge on any atom is 0.335 e. The number of aromatic carboxylic acids is 1. The lowest BCUT2D eigenvalue weighted by atomic mass is 10.2. The van der Waals surface area contributed by atoms with E-state index in [0.29, 0.717) is 5.69 Å². The van der Waals surface area contributed by atoms with E-state index in [-0.39, 0.29) is 22.0 Å². The minimum atomic E-state index is -1.07.